The number of aliphatic hydroxyl groups is 2. The molecule has 0 heterocycles. The quantitative estimate of drug-likeness (QED) is 0.0533. The van der Waals surface area contributed by atoms with Gasteiger partial charge in [-0.3, -0.25) is 4.79 Å². The first-order chi connectivity index (χ1) is 31.7. The van der Waals surface area contributed by atoms with Crippen LogP contribution in [-0.2, 0) is 4.79 Å². The molecular weight excluding hydrogens is 783 g/mol. The molecule has 0 aromatic heterocycles. The standard InChI is InChI=1S/C60H121NO3/c1-3-5-7-9-11-13-15-17-19-21-23-24-25-26-27-28-29-30-31-32-33-34-35-36-38-40-42-44-46-48-50-52-54-56-60(64)61-58(57-62)59(63)55-53-51-49-47-45-43-41-39-37-22-20-18-16-14-12-10-8-6-4-2/h58-59,62-63H,3-57H2,1-2H3,(H,61,64). The average molecular weight is 905 g/mol. The third-order valence-corrected chi connectivity index (χ3v) is 14.6. The largest absolute Gasteiger partial charge is 0.394 e. The van der Waals surface area contributed by atoms with E-state index in [1.54, 1.807) is 0 Å². The lowest BCUT2D eigenvalue weighted by Crippen LogP contribution is -2.45. The van der Waals surface area contributed by atoms with E-state index in [9.17, 15) is 15.0 Å². The highest BCUT2D eigenvalue weighted by Gasteiger charge is 2.20. The highest BCUT2D eigenvalue weighted by molar-refractivity contribution is 5.76. The Kier molecular flexibility index (Phi) is 56.2. The number of unbranched alkanes of at least 4 members (excludes halogenated alkanes) is 50. The van der Waals surface area contributed by atoms with Crippen LogP contribution in [0.15, 0.2) is 0 Å². The van der Waals surface area contributed by atoms with Gasteiger partial charge in [0, 0.05) is 6.42 Å². The topological polar surface area (TPSA) is 69.6 Å². The maximum Gasteiger partial charge on any atom is 0.220 e. The maximum atomic E-state index is 12.5. The second-order valence-corrected chi connectivity index (χ2v) is 21.1. The van der Waals surface area contributed by atoms with Gasteiger partial charge in [0.2, 0.25) is 5.91 Å². The van der Waals surface area contributed by atoms with E-state index in [0.29, 0.717) is 12.8 Å². The first kappa shape index (κ1) is 63.4. The van der Waals surface area contributed by atoms with Gasteiger partial charge in [0.25, 0.3) is 0 Å². The summed E-state index contributed by atoms with van der Waals surface area (Å²) in [4.78, 5) is 12.5. The van der Waals surface area contributed by atoms with Crippen molar-refractivity contribution < 1.29 is 15.0 Å². The van der Waals surface area contributed by atoms with Crippen molar-refractivity contribution in [2.45, 2.75) is 373 Å². The Morgan fingerprint density at radius 2 is 0.500 bits per heavy atom. The Bertz CT molecular complexity index is 849. The van der Waals surface area contributed by atoms with E-state index in [2.05, 4.69) is 19.2 Å². The Morgan fingerprint density at radius 3 is 0.703 bits per heavy atom. The van der Waals surface area contributed by atoms with Crippen molar-refractivity contribution in [2.24, 2.45) is 0 Å². The Hall–Kier alpha value is -0.610. The van der Waals surface area contributed by atoms with Gasteiger partial charge in [-0.2, -0.15) is 0 Å². The molecule has 4 heteroatoms. The number of hydrogen-bond acceptors (Lipinski definition) is 3. The number of amides is 1. The summed E-state index contributed by atoms with van der Waals surface area (Å²) < 4.78 is 0. The van der Waals surface area contributed by atoms with Crippen LogP contribution in [0.1, 0.15) is 361 Å². The van der Waals surface area contributed by atoms with Crippen LogP contribution in [0.5, 0.6) is 0 Å². The zero-order valence-corrected chi connectivity index (χ0v) is 44.3. The van der Waals surface area contributed by atoms with Gasteiger partial charge in [-0.05, 0) is 12.8 Å². The molecule has 0 aliphatic heterocycles. The first-order valence-electron chi connectivity index (χ1n) is 30.2. The molecule has 0 aromatic rings. The van der Waals surface area contributed by atoms with Crippen LogP contribution in [0.4, 0.5) is 0 Å². The SMILES string of the molecule is CCCCCCCCCCCCCCCCCCCCCCCCCCCCCCCCCCCC(=O)NC(CO)C(O)CCCCCCCCCCCCCCCCCCCCC. The number of carbonyl (C=O) groups is 1. The van der Waals surface area contributed by atoms with Crippen molar-refractivity contribution in [1.29, 1.82) is 0 Å². The summed E-state index contributed by atoms with van der Waals surface area (Å²) in [6.45, 7) is 4.41. The summed E-state index contributed by atoms with van der Waals surface area (Å²) in [5, 5.41) is 23.4. The maximum absolute atomic E-state index is 12.5. The highest BCUT2D eigenvalue weighted by atomic mass is 16.3. The molecule has 0 spiro atoms. The average Bonchev–Trinajstić information content (AvgIpc) is 3.30. The lowest BCUT2D eigenvalue weighted by molar-refractivity contribution is -0.123. The van der Waals surface area contributed by atoms with E-state index < -0.39 is 12.1 Å². The lowest BCUT2D eigenvalue weighted by atomic mass is 10.0. The number of rotatable bonds is 57. The van der Waals surface area contributed by atoms with E-state index >= 15 is 0 Å². The van der Waals surface area contributed by atoms with Crippen molar-refractivity contribution in [1.82, 2.24) is 5.32 Å². The molecule has 2 unspecified atom stereocenters. The fraction of sp³-hybridized carbons (Fsp3) is 0.983. The van der Waals surface area contributed by atoms with Gasteiger partial charge in [-0.1, -0.05) is 341 Å². The summed E-state index contributed by atoms with van der Waals surface area (Å²) in [6.07, 6.45) is 72.6. The molecule has 0 rings (SSSR count). The van der Waals surface area contributed by atoms with Crippen LogP contribution < -0.4 is 5.32 Å². The van der Waals surface area contributed by atoms with Gasteiger partial charge in [0.05, 0.1) is 18.8 Å². The van der Waals surface area contributed by atoms with Gasteiger partial charge in [-0.25, -0.2) is 0 Å². The predicted octanol–water partition coefficient (Wildman–Crippen LogP) is 19.9. The predicted molar refractivity (Wildman–Crippen MR) is 286 cm³/mol. The molecule has 2 atom stereocenters. The molecule has 3 N–H and O–H groups in total. The molecule has 0 saturated heterocycles. The van der Waals surface area contributed by atoms with Gasteiger partial charge in [-0.15, -0.1) is 0 Å². The third-order valence-electron chi connectivity index (χ3n) is 14.6. The minimum atomic E-state index is -0.655. The van der Waals surface area contributed by atoms with Crippen LogP contribution >= 0.6 is 0 Å². The molecule has 0 saturated carbocycles. The Morgan fingerprint density at radius 1 is 0.312 bits per heavy atom. The lowest BCUT2D eigenvalue weighted by Gasteiger charge is -2.22. The smallest absolute Gasteiger partial charge is 0.220 e. The molecule has 0 aliphatic rings. The Labute approximate surface area is 404 Å². The van der Waals surface area contributed by atoms with Gasteiger partial charge in [0.15, 0.2) is 0 Å². The number of carbonyl (C=O) groups excluding carboxylic acids is 1. The van der Waals surface area contributed by atoms with Crippen molar-refractivity contribution >= 4 is 5.91 Å². The molecule has 0 fully saturated rings. The van der Waals surface area contributed by atoms with E-state index in [1.807, 2.05) is 0 Å². The molecule has 0 bridgehead atoms. The van der Waals surface area contributed by atoms with Crippen molar-refractivity contribution in [3.8, 4) is 0 Å². The summed E-state index contributed by atoms with van der Waals surface area (Å²) in [6, 6.07) is -0.531. The third kappa shape index (κ3) is 52.4. The van der Waals surface area contributed by atoms with Crippen molar-refractivity contribution in [3.63, 3.8) is 0 Å². The molecular formula is C60H121NO3. The van der Waals surface area contributed by atoms with Crippen LogP contribution in [0, 0.1) is 0 Å². The highest BCUT2D eigenvalue weighted by Crippen LogP contribution is 2.19. The fourth-order valence-corrected chi connectivity index (χ4v) is 10.0. The molecule has 384 valence electrons. The fourth-order valence-electron chi connectivity index (χ4n) is 10.0. The minimum absolute atomic E-state index is 0.0213. The number of nitrogens with one attached hydrogen (secondary N) is 1. The molecule has 0 radical (unpaired) electrons. The molecule has 1 amide bonds. The van der Waals surface area contributed by atoms with Crippen LogP contribution in [0.3, 0.4) is 0 Å². The van der Waals surface area contributed by atoms with Gasteiger partial charge < -0.3 is 15.5 Å². The van der Waals surface area contributed by atoms with E-state index in [4.69, 9.17) is 0 Å². The zero-order chi connectivity index (χ0) is 46.3. The first-order valence-corrected chi connectivity index (χ1v) is 30.2. The second kappa shape index (κ2) is 56.7. The molecule has 64 heavy (non-hydrogen) atoms. The van der Waals surface area contributed by atoms with Crippen LogP contribution in [0.2, 0.25) is 0 Å². The van der Waals surface area contributed by atoms with E-state index in [-0.39, 0.29) is 12.5 Å². The van der Waals surface area contributed by atoms with E-state index in [0.717, 1.165) is 25.7 Å². The van der Waals surface area contributed by atoms with Gasteiger partial charge >= 0.3 is 0 Å². The van der Waals surface area contributed by atoms with Crippen LogP contribution in [0.25, 0.3) is 0 Å². The molecule has 4 nitrogen and oxygen atoms in total. The summed E-state index contributed by atoms with van der Waals surface area (Å²) in [5.41, 5.74) is 0. The van der Waals surface area contributed by atoms with Crippen LogP contribution in [-0.4, -0.2) is 34.9 Å². The summed E-state index contributed by atoms with van der Waals surface area (Å²) in [7, 11) is 0. The minimum Gasteiger partial charge on any atom is -0.394 e. The summed E-state index contributed by atoms with van der Waals surface area (Å²) in [5.74, 6) is -0.0213. The van der Waals surface area contributed by atoms with Gasteiger partial charge in [0.1, 0.15) is 0 Å². The number of hydrogen-bond donors (Lipinski definition) is 3. The number of aliphatic hydroxyl groups excluding tert-OH is 2. The van der Waals surface area contributed by atoms with Crippen molar-refractivity contribution in [3.05, 3.63) is 0 Å². The van der Waals surface area contributed by atoms with E-state index in [1.165, 1.54) is 308 Å². The second-order valence-electron chi connectivity index (χ2n) is 21.1. The molecule has 0 aliphatic carbocycles. The normalized spacial score (nSPS) is 12.6. The van der Waals surface area contributed by atoms with Crippen molar-refractivity contribution in [2.75, 3.05) is 6.61 Å². The Balaban J connectivity index is 3.36. The monoisotopic (exact) mass is 904 g/mol. The molecule has 0 aromatic carbocycles. The summed E-state index contributed by atoms with van der Waals surface area (Å²) >= 11 is 0. The zero-order valence-electron chi connectivity index (χ0n) is 44.3.